The van der Waals surface area contributed by atoms with E-state index in [4.69, 9.17) is 26.4 Å². The lowest BCUT2D eigenvalue weighted by Gasteiger charge is -2.21. The summed E-state index contributed by atoms with van der Waals surface area (Å²) in [6.07, 6.45) is 1.36. The minimum absolute atomic E-state index is 0.0646. The second-order valence-corrected chi connectivity index (χ2v) is 7.89. The van der Waals surface area contributed by atoms with Crippen LogP contribution in [0.4, 0.5) is 0 Å². The van der Waals surface area contributed by atoms with E-state index in [9.17, 15) is 13.2 Å². The fourth-order valence-electron chi connectivity index (χ4n) is 2.62. The van der Waals surface area contributed by atoms with Crippen LogP contribution >= 0.6 is 0 Å². The molecule has 13 heteroatoms. The van der Waals surface area contributed by atoms with Gasteiger partial charge >= 0.3 is 7.12 Å². The maximum absolute atomic E-state index is 12.3. The molecule has 0 aromatic carbocycles. The molecule has 1 fully saturated rings. The maximum atomic E-state index is 12.3. The van der Waals surface area contributed by atoms with Gasteiger partial charge in [-0.25, -0.2) is 9.79 Å². The van der Waals surface area contributed by atoms with Crippen LogP contribution < -0.4 is 16.2 Å². The zero-order chi connectivity index (χ0) is 19.2. The molecule has 146 valence electrons. The predicted molar refractivity (Wildman–Crippen MR) is 91.9 cm³/mol. The summed E-state index contributed by atoms with van der Waals surface area (Å²) in [5, 5.41) is 18.6. The van der Waals surface area contributed by atoms with Gasteiger partial charge in [-0.3, -0.25) is 9.63 Å². The summed E-state index contributed by atoms with van der Waals surface area (Å²) in [4.78, 5) is 16.5. The van der Waals surface area contributed by atoms with Gasteiger partial charge in [-0.1, -0.05) is 6.42 Å². The van der Waals surface area contributed by atoms with Crippen LogP contribution in [0.3, 0.4) is 0 Å². The van der Waals surface area contributed by atoms with Crippen LogP contribution in [0.15, 0.2) is 0 Å². The smallest absolute Gasteiger partial charge is 0.427 e. The second-order valence-electron chi connectivity index (χ2n) is 6.13. The van der Waals surface area contributed by atoms with Gasteiger partial charge in [-0.05, 0) is 18.7 Å². The van der Waals surface area contributed by atoms with Crippen molar-refractivity contribution in [1.82, 2.24) is 14.1 Å². The first-order chi connectivity index (χ1) is 11.6. The molecule has 1 heterocycles. The largest absolute Gasteiger partial charge is 0.451 e. The standard InChI is InChI=1S/C12H28BN5O6S/c1-17(24-2)12(19)10(14)6-16-25(22,23)18-7-9(11(15)8-18)4-3-5-13(20)21/h9-11,16,20-21H,3-8,14-15H2,1-2H3/t9-,10-,11-/m0/s1. The van der Waals surface area contributed by atoms with Gasteiger partial charge in [0.15, 0.2) is 0 Å². The van der Waals surface area contributed by atoms with E-state index in [2.05, 4.69) is 4.72 Å². The lowest BCUT2D eigenvalue weighted by atomic mass is 9.82. The molecule has 1 aliphatic rings. The number of rotatable bonds is 10. The number of carbonyl (C=O) groups is 1. The summed E-state index contributed by atoms with van der Waals surface area (Å²) in [5.74, 6) is -0.617. The van der Waals surface area contributed by atoms with E-state index >= 15 is 0 Å². The lowest BCUT2D eigenvalue weighted by Crippen LogP contribution is -2.50. The van der Waals surface area contributed by atoms with E-state index in [0.29, 0.717) is 12.8 Å². The molecule has 1 rings (SSSR count). The first kappa shape index (κ1) is 22.2. The zero-order valence-corrected chi connectivity index (χ0v) is 15.4. The Balaban J connectivity index is 2.52. The van der Waals surface area contributed by atoms with Gasteiger partial charge in [0.1, 0.15) is 6.04 Å². The first-order valence-corrected chi connectivity index (χ1v) is 9.46. The number of amides is 1. The van der Waals surface area contributed by atoms with Crippen LogP contribution in [0.1, 0.15) is 12.8 Å². The quantitative estimate of drug-likeness (QED) is 0.193. The summed E-state index contributed by atoms with van der Waals surface area (Å²) in [6, 6.07) is -1.40. The minimum atomic E-state index is -3.82. The van der Waals surface area contributed by atoms with Crippen LogP contribution in [0.25, 0.3) is 0 Å². The van der Waals surface area contributed by atoms with Crippen molar-refractivity contribution in [2.45, 2.75) is 31.2 Å². The van der Waals surface area contributed by atoms with Crippen molar-refractivity contribution < 1.29 is 28.1 Å². The number of hydrogen-bond acceptors (Lipinski definition) is 8. The summed E-state index contributed by atoms with van der Waals surface area (Å²) in [6.45, 7) is 0.129. The van der Waals surface area contributed by atoms with Crippen molar-refractivity contribution in [1.29, 1.82) is 0 Å². The Kier molecular flexibility index (Phi) is 8.70. The van der Waals surface area contributed by atoms with E-state index in [0.717, 1.165) is 5.06 Å². The van der Waals surface area contributed by atoms with Gasteiger partial charge in [0.2, 0.25) is 0 Å². The Hall–Kier alpha value is -0.795. The maximum Gasteiger partial charge on any atom is 0.451 e. The fraction of sp³-hybridized carbons (Fsp3) is 0.917. The monoisotopic (exact) mass is 381 g/mol. The highest BCUT2D eigenvalue weighted by Crippen LogP contribution is 2.23. The van der Waals surface area contributed by atoms with Crippen molar-refractivity contribution in [2.24, 2.45) is 17.4 Å². The number of carbonyl (C=O) groups excluding carboxylic acids is 1. The van der Waals surface area contributed by atoms with Crippen LogP contribution in [0.2, 0.25) is 6.32 Å². The van der Waals surface area contributed by atoms with Gasteiger partial charge in [0.25, 0.3) is 16.1 Å². The zero-order valence-electron chi connectivity index (χ0n) is 14.5. The molecular weight excluding hydrogens is 353 g/mol. The van der Waals surface area contributed by atoms with Crippen molar-refractivity contribution in [2.75, 3.05) is 33.8 Å². The number of likely N-dealkylation sites (N-methyl/N-ethyl adjacent to an activating group) is 1. The fourth-order valence-corrected chi connectivity index (χ4v) is 3.95. The van der Waals surface area contributed by atoms with Crippen molar-refractivity contribution in [3.05, 3.63) is 0 Å². The molecule has 0 saturated carbocycles. The average Bonchev–Trinajstić information content (AvgIpc) is 2.92. The molecule has 3 atom stereocenters. The number of nitrogens with zero attached hydrogens (tertiary/aromatic N) is 2. The van der Waals surface area contributed by atoms with Crippen molar-refractivity contribution in [3.8, 4) is 0 Å². The third kappa shape index (κ3) is 6.79. The molecule has 0 radical (unpaired) electrons. The van der Waals surface area contributed by atoms with Gasteiger partial charge in [-0.2, -0.15) is 12.7 Å². The molecule has 7 N–H and O–H groups in total. The summed E-state index contributed by atoms with van der Waals surface area (Å²) in [5.41, 5.74) is 11.6. The third-order valence-electron chi connectivity index (χ3n) is 4.22. The molecule has 1 aliphatic heterocycles. The van der Waals surface area contributed by atoms with E-state index in [1.54, 1.807) is 0 Å². The highest BCUT2D eigenvalue weighted by atomic mass is 32.2. The van der Waals surface area contributed by atoms with E-state index in [1.165, 1.54) is 18.5 Å². The predicted octanol–water partition coefficient (Wildman–Crippen LogP) is -3.32. The number of nitrogens with one attached hydrogen (secondary N) is 1. The molecule has 0 aromatic rings. The van der Waals surface area contributed by atoms with E-state index in [-0.39, 0.29) is 37.9 Å². The average molecular weight is 381 g/mol. The van der Waals surface area contributed by atoms with Gasteiger partial charge in [-0.15, -0.1) is 0 Å². The Morgan fingerprint density at radius 2 is 2.12 bits per heavy atom. The first-order valence-electron chi connectivity index (χ1n) is 8.02. The SMILES string of the molecule is CON(C)C(=O)[C@@H](N)CNS(=O)(=O)N1C[C@H](CCCB(O)O)[C@@H](N)C1. The molecular formula is C12H28BN5O6S. The molecule has 25 heavy (non-hydrogen) atoms. The van der Waals surface area contributed by atoms with Crippen LogP contribution in [-0.2, 0) is 19.8 Å². The molecule has 1 amide bonds. The van der Waals surface area contributed by atoms with E-state index in [1.807, 2.05) is 0 Å². The van der Waals surface area contributed by atoms with E-state index < -0.39 is 29.3 Å². The van der Waals surface area contributed by atoms with Crippen LogP contribution in [-0.4, -0.2) is 86.7 Å². The highest BCUT2D eigenvalue weighted by Gasteiger charge is 2.36. The Morgan fingerprint density at radius 3 is 2.68 bits per heavy atom. The molecule has 0 aromatic heterocycles. The summed E-state index contributed by atoms with van der Waals surface area (Å²) in [7, 11) is -2.51. The Bertz CT molecular complexity index is 536. The van der Waals surface area contributed by atoms with Crippen molar-refractivity contribution in [3.63, 3.8) is 0 Å². The minimum Gasteiger partial charge on any atom is -0.427 e. The summed E-state index contributed by atoms with van der Waals surface area (Å²) >= 11 is 0. The van der Waals surface area contributed by atoms with Crippen molar-refractivity contribution >= 4 is 23.2 Å². The second kappa shape index (κ2) is 9.78. The lowest BCUT2D eigenvalue weighted by molar-refractivity contribution is -0.169. The molecule has 0 unspecified atom stereocenters. The molecule has 11 nitrogen and oxygen atoms in total. The highest BCUT2D eigenvalue weighted by molar-refractivity contribution is 7.87. The number of hydroxylamine groups is 2. The third-order valence-corrected chi connectivity index (χ3v) is 5.73. The normalized spacial score (nSPS) is 22.8. The number of hydrogen-bond donors (Lipinski definition) is 5. The van der Waals surface area contributed by atoms with Crippen LogP contribution in [0.5, 0.6) is 0 Å². The molecule has 0 spiro atoms. The molecule has 0 aliphatic carbocycles. The van der Waals surface area contributed by atoms with Gasteiger partial charge in [0, 0.05) is 32.7 Å². The van der Waals surface area contributed by atoms with Gasteiger partial charge in [0.05, 0.1) is 7.11 Å². The van der Waals surface area contributed by atoms with Gasteiger partial charge < -0.3 is 21.5 Å². The Labute approximate surface area is 148 Å². The van der Waals surface area contributed by atoms with Crippen LogP contribution in [0, 0.1) is 5.92 Å². The topological polar surface area (TPSA) is 171 Å². The molecule has 1 saturated heterocycles. The number of nitrogens with two attached hydrogens (primary N) is 2. The molecule has 0 bridgehead atoms. The Morgan fingerprint density at radius 1 is 1.48 bits per heavy atom. The summed E-state index contributed by atoms with van der Waals surface area (Å²) < 4.78 is 28.2.